The summed E-state index contributed by atoms with van der Waals surface area (Å²) in [4.78, 5) is 0. The zero-order valence-corrected chi connectivity index (χ0v) is 5.06. The molecule has 8 heavy (non-hydrogen) atoms. The highest BCUT2D eigenvalue weighted by atomic mass is 15.5. The van der Waals surface area contributed by atoms with Crippen LogP contribution in [0.3, 0.4) is 0 Å². The Kier molecular flexibility index (Phi) is 2.27. The number of hydrogen-bond acceptors (Lipinski definition) is 3. The highest BCUT2D eigenvalue weighted by Crippen LogP contribution is 1.92. The second-order valence-corrected chi connectivity index (χ2v) is 2.04. The average Bonchev–Trinajstić information content (AvgIpc) is 2.19. The highest BCUT2D eigenvalue weighted by Gasteiger charge is 2.07. The molecule has 1 fully saturated rings. The molecule has 0 aromatic rings. The molecule has 0 saturated carbocycles. The van der Waals surface area contributed by atoms with E-state index in [4.69, 9.17) is 5.73 Å². The summed E-state index contributed by atoms with van der Waals surface area (Å²) < 4.78 is 0. The van der Waals surface area contributed by atoms with Gasteiger partial charge in [0.2, 0.25) is 0 Å². The molecular weight excluding hydrogens is 102 g/mol. The van der Waals surface area contributed by atoms with Crippen LogP contribution in [0, 0.1) is 0 Å². The van der Waals surface area contributed by atoms with Crippen LogP contribution in [0.4, 0.5) is 0 Å². The Labute approximate surface area is 49.8 Å². The molecule has 1 aliphatic heterocycles. The fourth-order valence-corrected chi connectivity index (χ4v) is 0.933. The molecule has 3 heteroatoms. The number of hydrogen-bond donors (Lipinski definition) is 2. The summed E-state index contributed by atoms with van der Waals surface area (Å²) in [7, 11) is 0. The molecule has 0 bridgehead atoms. The molecule has 1 aliphatic rings. The molecule has 3 nitrogen and oxygen atoms in total. The van der Waals surface area contributed by atoms with Crippen molar-refractivity contribution in [1.29, 1.82) is 0 Å². The van der Waals surface area contributed by atoms with Crippen molar-refractivity contribution in [3.8, 4) is 0 Å². The monoisotopic (exact) mass is 115 g/mol. The lowest BCUT2D eigenvalue weighted by Crippen LogP contribution is -2.35. The van der Waals surface area contributed by atoms with E-state index in [1.54, 1.807) is 0 Å². The minimum Gasteiger partial charge on any atom is -0.329 e. The van der Waals surface area contributed by atoms with Gasteiger partial charge in [-0.15, -0.1) is 0 Å². The van der Waals surface area contributed by atoms with Gasteiger partial charge in [0.25, 0.3) is 0 Å². The molecule has 0 aromatic carbocycles. The molecule has 0 aliphatic carbocycles. The smallest absolute Gasteiger partial charge is 0.0254 e. The Morgan fingerprint density at radius 3 is 3.00 bits per heavy atom. The number of rotatable bonds is 2. The second-order valence-electron chi connectivity index (χ2n) is 2.04. The minimum atomic E-state index is 0.757. The summed E-state index contributed by atoms with van der Waals surface area (Å²) >= 11 is 0. The maximum atomic E-state index is 5.33. The molecule has 0 unspecified atom stereocenters. The number of nitrogens with zero attached hydrogens (tertiary/aromatic N) is 1. The second kappa shape index (κ2) is 3.02. The molecule has 48 valence electrons. The van der Waals surface area contributed by atoms with E-state index in [1.807, 2.05) is 0 Å². The number of hydrazine groups is 1. The van der Waals surface area contributed by atoms with Crippen molar-refractivity contribution >= 4 is 0 Å². The van der Waals surface area contributed by atoms with E-state index in [9.17, 15) is 0 Å². The summed E-state index contributed by atoms with van der Waals surface area (Å²) in [6, 6.07) is 0. The summed E-state index contributed by atoms with van der Waals surface area (Å²) in [5.41, 5.74) is 8.54. The van der Waals surface area contributed by atoms with Gasteiger partial charge in [-0.25, -0.2) is 5.01 Å². The van der Waals surface area contributed by atoms with Crippen molar-refractivity contribution in [2.75, 3.05) is 26.2 Å². The lowest BCUT2D eigenvalue weighted by atomic mass is 10.5. The average molecular weight is 115 g/mol. The van der Waals surface area contributed by atoms with Gasteiger partial charge in [-0.1, -0.05) is 0 Å². The third-order valence-corrected chi connectivity index (χ3v) is 1.34. The standard InChI is InChI=1S/C5H13N3/c6-2-5-8-4-1-3-7-8/h7H,1-6H2. The third kappa shape index (κ3) is 1.43. The summed E-state index contributed by atoms with van der Waals surface area (Å²) in [5.74, 6) is 0. The van der Waals surface area contributed by atoms with Gasteiger partial charge in [-0.05, 0) is 6.42 Å². The first-order valence-electron chi connectivity index (χ1n) is 3.12. The molecule has 1 saturated heterocycles. The molecular formula is C5H13N3. The Morgan fingerprint density at radius 2 is 2.50 bits per heavy atom. The van der Waals surface area contributed by atoms with Gasteiger partial charge in [-0.3, -0.25) is 5.43 Å². The maximum absolute atomic E-state index is 5.33. The fourth-order valence-electron chi connectivity index (χ4n) is 0.933. The molecule has 0 aromatic heterocycles. The maximum Gasteiger partial charge on any atom is 0.0254 e. The van der Waals surface area contributed by atoms with Crippen molar-refractivity contribution in [3.05, 3.63) is 0 Å². The van der Waals surface area contributed by atoms with E-state index in [2.05, 4.69) is 10.4 Å². The summed E-state index contributed by atoms with van der Waals surface area (Å²) in [5, 5.41) is 2.17. The fraction of sp³-hybridized carbons (Fsp3) is 1.00. The van der Waals surface area contributed by atoms with Crippen LogP contribution >= 0.6 is 0 Å². The van der Waals surface area contributed by atoms with Crippen molar-refractivity contribution in [2.45, 2.75) is 6.42 Å². The van der Waals surface area contributed by atoms with Crippen molar-refractivity contribution in [2.24, 2.45) is 5.73 Å². The summed E-state index contributed by atoms with van der Waals surface area (Å²) in [6.07, 6.45) is 1.26. The van der Waals surface area contributed by atoms with Gasteiger partial charge in [0.05, 0.1) is 0 Å². The topological polar surface area (TPSA) is 41.3 Å². The van der Waals surface area contributed by atoms with E-state index in [0.29, 0.717) is 0 Å². The van der Waals surface area contributed by atoms with Crippen LogP contribution in [0.2, 0.25) is 0 Å². The van der Waals surface area contributed by atoms with Crippen LogP contribution in [0.5, 0.6) is 0 Å². The van der Waals surface area contributed by atoms with E-state index in [-0.39, 0.29) is 0 Å². The van der Waals surface area contributed by atoms with E-state index < -0.39 is 0 Å². The van der Waals surface area contributed by atoms with Gasteiger partial charge >= 0.3 is 0 Å². The predicted molar refractivity (Wildman–Crippen MR) is 33.2 cm³/mol. The molecule has 0 spiro atoms. The zero-order valence-electron chi connectivity index (χ0n) is 5.06. The first-order valence-corrected chi connectivity index (χ1v) is 3.12. The molecule has 1 heterocycles. The lowest BCUT2D eigenvalue weighted by Gasteiger charge is -2.11. The third-order valence-electron chi connectivity index (χ3n) is 1.34. The van der Waals surface area contributed by atoms with Crippen molar-refractivity contribution < 1.29 is 0 Å². The van der Waals surface area contributed by atoms with E-state index in [0.717, 1.165) is 26.2 Å². The molecule has 0 amide bonds. The SMILES string of the molecule is NCCN1CCCN1. The zero-order chi connectivity index (χ0) is 5.82. The molecule has 0 atom stereocenters. The van der Waals surface area contributed by atoms with Gasteiger partial charge < -0.3 is 5.73 Å². The Balaban J connectivity index is 2.06. The molecule has 3 N–H and O–H groups in total. The largest absolute Gasteiger partial charge is 0.329 e. The minimum absolute atomic E-state index is 0.757. The highest BCUT2D eigenvalue weighted by molar-refractivity contribution is 4.60. The van der Waals surface area contributed by atoms with E-state index in [1.165, 1.54) is 6.42 Å². The van der Waals surface area contributed by atoms with Gasteiger partial charge in [-0.2, -0.15) is 0 Å². The van der Waals surface area contributed by atoms with Gasteiger partial charge in [0.15, 0.2) is 0 Å². The normalized spacial score (nSPS) is 22.1. The first kappa shape index (κ1) is 6.01. The Morgan fingerprint density at radius 1 is 1.62 bits per heavy atom. The van der Waals surface area contributed by atoms with Crippen LogP contribution in [0.15, 0.2) is 0 Å². The van der Waals surface area contributed by atoms with Crippen LogP contribution in [0.1, 0.15) is 6.42 Å². The predicted octanol–water partition coefficient (Wildman–Crippen LogP) is -0.845. The molecule has 0 radical (unpaired) electrons. The van der Waals surface area contributed by atoms with Crippen LogP contribution in [-0.2, 0) is 0 Å². The Bertz CT molecular complexity index is 58.7. The van der Waals surface area contributed by atoms with Gasteiger partial charge in [0.1, 0.15) is 0 Å². The first-order chi connectivity index (χ1) is 3.93. The molecule has 1 rings (SSSR count). The Hall–Kier alpha value is -0.120. The van der Waals surface area contributed by atoms with Crippen LogP contribution in [-0.4, -0.2) is 31.2 Å². The number of nitrogens with one attached hydrogen (secondary N) is 1. The van der Waals surface area contributed by atoms with Crippen molar-refractivity contribution in [3.63, 3.8) is 0 Å². The van der Waals surface area contributed by atoms with Crippen LogP contribution < -0.4 is 11.2 Å². The summed E-state index contributed by atoms with van der Waals surface area (Å²) in [6.45, 7) is 4.03. The van der Waals surface area contributed by atoms with E-state index >= 15 is 0 Å². The lowest BCUT2D eigenvalue weighted by molar-refractivity contribution is 0.261. The number of nitrogens with two attached hydrogens (primary N) is 1. The quantitative estimate of drug-likeness (QED) is 0.493. The van der Waals surface area contributed by atoms with Crippen LogP contribution in [0.25, 0.3) is 0 Å². The van der Waals surface area contributed by atoms with Gasteiger partial charge in [0, 0.05) is 26.2 Å². The van der Waals surface area contributed by atoms with Crippen molar-refractivity contribution in [1.82, 2.24) is 10.4 Å².